The van der Waals surface area contributed by atoms with Gasteiger partial charge in [-0.2, -0.15) is 0 Å². The number of ether oxygens (including phenoxy) is 4. The predicted molar refractivity (Wildman–Crippen MR) is 84.8 cm³/mol. The first-order valence-electron chi connectivity index (χ1n) is 7.75. The Balaban J connectivity index is 1.89. The summed E-state index contributed by atoms with van der Waals surface area (Å²) in [6, 6.07) is 6.88. The van der Waals surface area contributed by atoms with Gasteiger partial charge in [0.15, 0.2) is 0 Å². The van der Waals surface area contributed by atoms with E-state index < -0.39 is 0 Å². The van der Waals surface area contributed by atoms with Crippen molar-refractivity contribution in [3.8, 4) is 5.75 Å². The van der Waals surface area contributed by atoms with E-state index in [1.807, 2.05) is 6.92 Å². The lowest BCUT2D eigenvalue weighted by Crippen LogP contribution is -2.14. The van der Waals surface area contributed by atoms with Crippen molar-refractivity contribution in [3.05, 3.63) is 29.8 Å². The number of hydrogen-bond donors (Lipinski definition) is 0. The molecule has 0 spiro atoms. The lowest BCUT2D eigenvalue weighted by Gasteiger charge is -2.08. The van der Waals surface area contributed by atoms with E-state index in [0.717, 1.165) is 12.7 Å². The fraction of sp³-hybridized carbons (Fsp3) is 0.529. The molecular weight excluding hydrogens is 300 g/mol. The summed E-state index contributed by atoms with van der Waals surface area (Å²) in [7, 11) is 0. The third-order valence-electron chi connectivity index (χ3n) is 2.83. The van der Waals surface area contributed by atoms with Crippen molar-refractivity contribution in [1.29, 1.82) is 0 Å². The Morgan fingerprint density at radius 3 is 2.17 bits per heavy atom. The number of benzene rings is 1. The summed E-state index contributed by atoms with van der Waals surface area (Å²) >= 11 is 0. The zero-order valence-corrected chi connectivity index (χ0v) is 13.5. The topological polar surface area (TPSA) is 71.1 Å². The Morgan fingerprint density at radius 1 is 0.957 bits per heavy atom. The summed E-state index contributed by atoms with van der Waals surface area (Å²) in [6.45, 7) is 4.35. The van der Waals surface area contributed by atoms with Gasteiger partial charge in [0.2, 0.25) is 0 Å². The molecule has 0 bridgehead atoms. The van der Waals surface area contributed by atoms with Gasteiger partial charge in [0, 0.05) is 12.0 Å². The summed E-state index contributed by atoms with van der Waals surface area (Å²) in [5.41, 5.74) is 0.617. The van der Waals surface area contributed by atoms with Crippen molar-refractivity contribution in [3.63, 3.8) is 0 Å². The van der Waals surface area contributed by atoms with E-state index in [-0.39, 0.29) is 12.6 Å². The highest BCUT2D eigenvalue weighted by molar-refractivity contribution is 5.74. The molecule has 1 aromatic carbocycles. The van der Waals surface area contributed by atoms with E-state index in [4.69, 9.17) is 18.9 Å². The van der Waals surface area contributed by atoms with Gasteiger partial charge in [-0.3, -0.25) is 9.59 Å². The molecular formula is C17H24O6. The summed E-state index contributed by atoms with van der Waals surface area (Å²) in [5, 5.41) is 0. The molecule has 0 saturated heterocycles. The second-order valence-corrected chi connectivity index (χ2v) is 4.73. The number of carbonyl (C=O) groups excluding carboxylic acids is 2. The zero-order chi connectivity index (χ0) is 16.8. The van der Waals surface area contributed by atoms with E-state index in [9.17, 15) is 9.59 Å². The average Bonchev–Trinajstić information content (AvgIpc) is 2.57. The summed E-state index contributed by atoms with van der Waals surface area (Å²) in [5.74, 6) is 0.509. The molecule has 0 aromatic heterocycles. The Bertz CT molecular complexity index is 443. The van der Waals surface area contributed by atoms with Crippen LogP contribution < -0.4 is 4.74 Å². The Hall–Kier alpha value is -1.92. The fourth-order valence-electron chi connectivity index (χ4n) is 1.67. The van der Waals surface area contributed by atoms with Crippen molar-refractivity contribution in [2.75, 3.05) is 39.6 Å². The molecule has 1 aromatic rings. The highest BCUT2D eigenvalue weighted by Gasteiger charge is 1.99. The highest BCUT2D eigenvalue weighted by atomic mass is 16.6. The third kappa shape index (κ3) is 9.65. The van der Waals surface area contributed by atoms with Crippen LogP contribution in [-0.4, -0.2) is 51.9 Å². The van der Waals surface area contributed by atoms with Crippen LogP contribution in [-0.2, 0) is 19.0 Å². The molecule has 0 N–H and O–H groups in total. The molecule has 128 valence electrons. The van der Waals surface area contributed by atoms with Crippen LogP contribution in [0.15, 0.2) is 24.3 Å². The lowest BCUT2D eigenvalue weighted by molar-refractivity contribution is -0.145. The molecule has 0 fully saturated rings. The maximum Gasteiger partial charge on any atom is 0.305 e. The fourth-order valence-corrected chi connectivity index (χ4v) is 1.67. The van der Waals surface area contributed by atoms with Gasteiger partial charge in [-0.1, -0.05) is 6.92 Å². The Morgan fingerprint density at radius 2 is 1.57 bits per heavy atom. The number of rotatable bonds is 13. The quantitative estimate of drug-likeness (QED) is 0.315. The van der Waals surface area contributed by atoms with Gasteiger partial charge in [0.1, 0.15) is 25.2 Å². The van der Waals surface area contributed by atoms with Crippen molar-refractivity contribution < 1.29 is 28.5 Å². The van der Waals surface area contributed by atoms with E-state index in [2.05, 4.69) is 0 Å². The lowest BCUT2D eigenvalue weighted by atomic mass is 10.2. The van der Waals surface area contributed by atoms with Crippen molar-refractivity contribution in [2.45, 2.75) is 19.8 Å². The molecule has 0 atom stereocenters. The predicted octanol–water partition coefficient (Wildman–Crippen LogP) is 2.25. The van der Waals surface area contributed by atoms with Crippen LogP contribution in [0.3, 0.4) is 0 Å². The number of hydrogen-bond acceptors (Lipinski definition) is 6. The minimum absolute atomic E-state index is 0.189. The second-order valence-electron chi connectivity index (χ2n) is 4.73. The molecule has 6 nitrogen and oxygen atoms in total. The summed E-state index contributed by atoms with van der Waals surface area (Å²) < 4.78 is 21.0. The maximum atomic E-state index is 11.1. The van der Waals surface area contributed by atoms with Crippen LogP contribution in [0.5, 0.6) is 5.75 Å². The first kappa shape index (κ1) is 19.1. The van der Waals surface area contributed by atoms with Crippen molar-refractivity contribution in [1.82, 2.24) is 0 Å². The van der Waals surface area contributed by atoms with E-state index >= 15 is 0 Å². The van der Waals surface area contributed by atoms with Gasteiger partial charge >= 0.3 is 5.97 Å². The zero-order valence-electron chi connectivity index (χ0n) is 13.5. The van der Waals surface area contributed by atoms with Crippen LogP contribution in [0.1, 0.15) is 30.1 Å². The van der Waals surface area contributed by atoms with Gasteiger partial charge in [-0.05, 0) is 30.7 Å². The van der Waals surface area contributed by atoms with Gasteiger partial charge < -0.3 is 18.9 Å². The summed E-state index contributed by atoms with van der Waals surface area (Å²) in [4.78, 5) is 21.6. The molecule has 0 aliphatic rings. The smallest absolute Gasteiger partial charge is 0.305 e. The van der Waals surface area contributed by atoms with Crippen molar-refractivity contribution in [2.24, 2.45) is 0 Å². The molecule has 23 heavy (non-hydrogen) atoms. The second kappa shape index (κ2) is 12.6. The van der Waals surface area contributed by atoms with E-state index in [1.165, 1.54) is 0 Å². The average molecular weight is 324 g/mol. The highest BCUT2D eigenvalue weighted by Crippen LogP contribution is 2.10. The van der Waals surface area contributed by atoms with E-state index in [1.54, 1.807) is 24.3 Å². The first-order valence-corrected chi connectivity index (χ1v) is 7.75. The molecule has 6 heteroatoms. The molecule has 0 unspecified atom stereocenters. The Kier molecular flexibility index (Phi) is 10.5. The number of aldehydes is 1. The van der Waals surface area contributed by atoms with Crippen LogP contribution in [0.25, 0.3) is 0 Å². The third-order valence-corrected chi connectivity index (χ3v) is 2.83. The SMILES string of the molecule is CCCC(=O)OCCOCCOCCOc1ccc(C=O)cc1. The van der Waals surface area contributed by atoms with E-state index in [0.29, 0.717) is 50.8 Å². The molecule has 0 radical (unpaired) electrons. The first-order chi connectivity index (χ1) is 11.3. The molecule has 0 amide bonds. The largest absolute Gasteiger partial charge is 0.491 e. The Labute approximate surface area is 136 Å². The molecule has 0 saturated carbocycles. The van der Waals surface area contributed by atoms with Gasteiger partial charge in [-0.25, -0.2) is 0 Å². The minimum atomic E-state index is -0.189. The van der Waals surface area contributed by atoms with Crippen LogP contribution in [0, 0.1) is 0 Å². The van der Waals surface area contributed by atoms with Crippen LogP contribution >= 0.6 is 0 Å². The monoisotopic (exact) mass is 324 g/mol. The van der Waals surface area contributed by atoms with Crippen LogP contribution in [0.4, 0.5) is 0 Å². The minimum Gasteiger partial charge on any atom is -0.491 e. The maximum absolute atomic E-state index is 11.1. The van der Waals surface area contributed by atoms with Gasteiger partial charge in [0.25, 0.3) is 0 Å². The molecule has 0 heterocycles. The summed E-state index contributed by atoms with van der Waals surface area (Å²) in [6.07, 6.45) is 2.02. The van der Waals surface area contributed by atoms with Crippen LogP contribution in [0.2, 0.25) is 0 Å². The molecule has 1 rings (SSSR count). The normalized spacial score (nSPS) is 10.3. The molecule has 0 aliphatic heterocycles. The van der Waals surface area contributed by atoms with Gasteiger partial charge in [-0.15, -0.1) is 0 Å². The molecule has 0 aliphatic carbocycles. The van der Waals surface area contributed by atoms with Crippen molar-refractivity contribution >= 4 is 12.3 Å². The number of esters is 1. The number of carbonyl (C=O) groups is 2. The van der Waals surface area contributed by atoms with Gasteiger partial charge in [0.05, 0.1) is 26.4 Å². The standard InChI is InChI=1S/C17H24O6/c1-2-3-17(19)23-13-11-21-9-8-20-10-12-22-16-6-4-15(14-18)5-7-16/h4-7,14H,2-3,8-13H2,1H3.